The summed E-state index contributed by atoms with van der Waals surface area (Å²) in [6.45, 7) is 8.97. The van der Waals surface area contributed by atoms with Gasteiger partial charge in [0.15, 0.2) is 10.7 Å². The molecule has 1 aliphatic heterocycles. The lowest BCUT2D eigenvalue weighted by atomic mass is 10.1. The monoisotopic (exact) mass is 459 g/mol. The van der Waals surface area contributed by atoms with Crippen molar-refractivity contribution in [1.29, 1.82) is 0 Å². The summed E-state index contributed by atoms with van der Waals surface area (Å²) in [5.41, 5.74) is 0.0149. The molecule has 1 aromatic heterocycles. The summed E-state index contributed by atoms with van der Waals surface area (Å²) >= 11 is 7.59. The molecule has 0 radical (unpaired) electrons. The predicted molar refractivity (Wildman–Crippen MR) is 126 cm³/mol. The Kier molecular flexibility index (Phi) is 6.25. The first-order valence-corrected chi connectivity index (χ1v) is 11.6. The van der Waals surface area contributed by atoms with Gasteiger partial charge in [0.1, 0.15) is 11.5 Å². The molecular weight excluding hydrogens is 434 g/mol. The van der Waals surface area contributed by atoms with Gasteiger partial charge in [0.25, 0.3) is 5.91 Å². The molecule has 1 amide bonds. The summed E-state index contributed by atoms with van der Waals surface area (Å²) < 4.78 is 12.7. The van der Waals surface area contributed by atoms with E-state index in [2.05, 4.69) is 4.90 Å². The molecule has 0 N–H and O–H groups in total. The van der Waals surface area contributed by atoms with Crippen molar-refractivity contribution in [2.45, 2.75) is 26.4 Å². The zero-order valence-electron chi connectivity index (χ0n) is 17.9. The van der Waals surface area contributed by atoms with E-state index in [1.807, 2.05) is 30.0 Å². The van der Waals surface area contributed by atoms with E-state index in [1.165, 1.54) is 0 Å². The highest BCUT2D eigenvalue weighted by molar-refractivity contribution is 7.22. The predicted octanol–water partition coefficient (Wildman–Crippen LogP) is 4.85. The Morgan fingerprint density at radius 2 is 1.77 bits per heavy atom. The van der Waals surface area contributed by atoms with Crippen LogP contribution < -0.4 is 14.4 Å². The van der Waals surface area contributed by atoms with Gasteiger partial charge in [0.2, 0.25) is 0 Å². The Labute approximate surface area is 191 Å². The molecule has 1 fully saturated rings. The molecule has 0 saturated carbocycles. The van der Waals surface area contributed by atoms with Crippen molar-refractivity contribution in [3.63, 3.8) is 0 Å². The summed E-state index contributed by atoms with van der Waals surface area (Å²) in [5.74, 6) is 1.47. The van der Waals surface area contributed by atoms with Crippen molar-refractivity contribution in [3.05, 3.63) is 47.5 Å². The number of thiazole rings is 1. The molecule has 4 rings (SSSR count). The van der Waals surface area contributed by atoms with Crippen LogP contribution in [0.4, 0.5) is 5.13 Å². The average molecular weight is 460 g/mol. The van der Waals surface area contributed by atoms with Crippen molar-refractivity contribution in [1.82, 2.24) is 9.88 Å². The number of benzene rings is 2. The third-order valence-electron chi connectivity index (χ3n) is 5.20. The maximum atomic E-state index is 13.1. The molecule has 3 aromatic rings. The lowest BCUT2D eigenvalue weighted by molar-refractivity contribution is -0.145. The minimum Gasteiger partial charge on any atom is -0.494 e. The van der Waals surface area contributed by atoms with Gasteiger partial charge >= 0.3 is 0 Å². The smallest absolute Gasteiger partial charge is 0.266 e. The standard InChI is InChI=1S/C23H26ClN3O3S/c1-4-29-18-9-10-19-20(15-18)31-22(25-19)27-13-11-26(12-14-27)21(28)23(2,3)30-17-7-5-16(24)6-8-17/h5-10,15H,4,11-14H2,1-3H3. The van der Waals surface area contributed by atoms with Crippen LogP contribution in [0.3, 0.4) is 0 Å². The van der Waals surface area contributed by atoms with Gasteiger partial charge in [-0.05, 0) is 63.2 Å². The summed E-state index contributed by atoms with van der Waals surface area (Å²) in [7, 11) is 0. The van der Waals surface area contributed by atoms with Gasteiger partial charge in [-0.25, -0.2) is 4.98 Å². The molecule has 31 heavy (non-hydrogen) atoms. The molecule has 2 heterocycles. The van der Waals surface area contributed by atoms with Crippen LogP contribution in [0, 0.1) is 0 Å². The highest BCUT2D eigenvalue weighted by Crippen LogP contribution is 2.32. The molecule has 6 nitrogen and oxygen atoms in total. The van der Waals surface area contributed by atoms with E-state index in [0.717, 1.165) is 34.2 Å². The van der Waals surface area contributed by atoms with Crippen molar-refractivity contribution in [2.24, 2.45) is 0 Å². The summed E-state index contributed by atoms with van der Waals surface area (Å²) in [6.07, 6.45) is 0. The van der Waals surface area contributed by atoms with Crippen molar-refractivity contribution in [2.75, 3.05) is 37.7 Å². The number of fused-ring (bicyclic) bond motifs is 1. The van der Waals surface area contributed by atoms with Crippen molar-refractivity contribution in [3.8, 4) is 11.5 Å². The molecule has 0 spiro atoms. The van der Waals surface area contributed by atoms with E-state index in [4.69, 9.17) is 26.1 Å². The number of nitrogens with zero attached hydrogens (tertiary/aromatic N) is 3. The largest absolute Gasteiger partial charge is 0.494 e. The molecule has 0 atom stereocenters. The molecule has 8 heteroatoms. The third kappa shape index (κ3) is 4.88. The number of halogens is 1. The van der Waals surface area contributed by atoms with Gasteiger partial charge in [0, 0.05) is 31.2 Å². The topological polar surface area (TPSA) is 54.9 Å². The Bertz CT molecular complexity index is 1060. The highest BCUT2D eigenvalue weighted by atomic mass is 35.5. The summed E-state index contributed by atoms with van der Waals surface area (Å²) in [5, 5.41) is 1.61. The first-order chi connectivity index (χ1) is 14.9. The fourth-order valence-corrected chi connectivity index (χ4v) is 4.78. The van der Waals surface area contributed by atoms with E-state index < -0.39 is 5.60 Å². The Hall–Kier alpha value is -2.51. The maximum Gasteiger partial charge on any atom is 0.266 e. The van der Waals surface area contributed by atoms with Crippen LogP contribution in [-0.4, -0.2) is 54.2 Å². The fraction of sp³-hybridized carbons (Fsp3) is 0.391. The summed E-state index contributed by atoms with van der Waals surface area (Å²) in [4.78, 5) is 22.0. The highest BCUT2D eigenvalue weighted by Gasteiger charge is 2.36. The first kappa shape index (κ1) is 21.7. The maximum absolute atomic E-state index is 13.1. The zero-order valence-corrected chi connectivity index (χ0v) is 19.5. The number of hydrogen-bond acceptors (Lipinski definition) is 6. The number of rotatable bonds is 6. The Balaban J connectivity index is 1.39. The number of ether oxygens (including phenoxy) is 2. The number of carbonyl (C=O) groups excluding carboxylic acids is 1. The third-order valence-corrected chi connectivity index (χ3v) is 6.53. The second-order valence-corrected chi connectivity index (χ2v) is 9.35. The molecule has 1 aliphatic rings. The SMILES string of the molecule is CCOc1ccc2nc(N3CCN(C(=O)C(C)(C)Oc4ccc(Cl)cc4)CC3)sc2c1. The van der Waals surface area contributed by atoms with Gasteiger partial charge in [-0.2, -0.15) is 0 Å². The average Bonchev–Trinajstić information content (AvgIpc) is 3.18. The van der Waals surface area contributed by atoms with Crippen molar-refractivity contribution >= 4 is 44.2 Å². The zero-order chi connectivity index (χ0) is 22.0. The van der Waals surface area contributed by atoms with E-state index in [1.54, 1.807) is 49.4 Å². The molecule has 1 saturated heterocycles. The second-order valence-electron chi connectivity index (χ2n) is 7.90. The minimum absolute atomic E-state index is 0.0206. The Morgan fingerprint density at radius 3 is 2.45 bits per heavy atom. The number of piperazine rings is 1. The van der Waals surface area contributed by atoms with Crippen LogP contribution >= 0.6 is 22.9 Å². The quantitative estimate of drug-likeness (QED) is 0.527. The van der Waals surface area contributed by atoms with Crippen LogP contribution in [0.2, 0.25) is 5.02 Å². The van der Waals surface area contributed by atoms with E-state index in [-0.39, 0.29) is 5.91 Å². The minimum atomic E-state index is -0.957. The van der Waals surface area contributed by atoms with Crippen LogP contribution in [0.5, 0.6) is 11.5 Å². The van der Waals surface area contributed by atoms with Gasteiger partial charge in [-0.3, -0.25) is 4.79 Å². The lowest BCUT2D eigenvalue weighted by Crippen LogP contribution is -2.55. The number of anilines is 1. The van der Waals surface area contributed by atoms with E-state index in [0.29, 0.717) is 30.5 Å². The van der Waals surface area contributed by atoms with Gasteiger partial charge in [-0.15, -0.1) is 0 Å². The van der Waals surface area contributed by atoms with E-state index in [9.17, 15) is 4.79 Å². The molecule has 0 unspecified atom stereocenters. The molecule has 164 valence electrons. The fourth-order valence-electron chi connectivity index (χ4n) is 3.61. The van der Waals surface area contributed by atoms with Gasteiger partial charge < -0.3 is 19.3 Å². The number of hydrogen-bond donors (Lipinski definition) is 0. The second kappa shape index (κ2) is 8.93. The molecule has 0 bridgehead atoms. The van der Waals surface area contributed by atoms with E-state index >= 15 is 0 Å². The normalized spacial score (nSPS) is 14.7. The van der Waals surface area contributed by atoms with Gasteiger partial charge in [-0.1, -0.05) is 22.9 Å². The van der Waals surface area contributed by atoms with Crippen LogP contribution in [0.1, 0.15) is 20.8 Å². The number of carbonyl (C=O) groups is 1. The van der Waals surface area contributed by atoms with Crippen LogP contribution in [0.15, 0.2) is 42.5 Å². The van der Waals surface area contributed by atoms with Gasteiger partial charge in [0.05, 0.1) is 16.8 Å². The lowest BCUT2D eigenvalue weighted by Gasteiger charge is -2.38. The van der Waals surface area contributed by atoms with Crippen molar-refractivity contribution < 1.29 is 14.3 Å². The first-order valence-electron chi connectivity index (χ1n) is 10.4. The molecule has 0 aliphatic carbocycles. The molecule has 2 aromatic carbocycles. The number of amides is 1. The van der Waals surface area contributed by atoms with Crippen LogP contribution in [0.25, 0.3) is 10.2 Å². The molecular formula is C23H26ClN3O3S. The summed E-state index contributed by atoms with van der Waals surface area (Å²) in [6, 6.07) is 13.1. The number of aromatic nitrogens is 1. The van der Waals surface area contributed by atoms with Crippen LogP contribution in [-0.2, 0) is 4.79 Å². The Morgan fingerprint density at radius 1 is 1.10 bits per heavy atom.